The van der Waals surface area contributed by atoms with Crippen LogP contribution in [0.3, 0.4) is 0 Å². The van der Waals surface area contributed by atoms with Crippen LogP contribution in [0, 0.1) is 0 Å². The molecule has 5 heteroatoms. The third-order valence-corrected chi connectivity index (χ3v) is 4.29. The van der Waals surface area contributed by atoms with Crippen LogP contribution in [0.4, 0.5) is 0 Å². The number of piperidine rings is 1. The summed E-state index contributed by atoms with van der Waals surface area (Å²) in [7, 11) is 0. The van der Waals surface area contributed by atoms with E-state index in [9.17, 15) is 0 Å². The molecule has 0 spiro atoms. The minimum absolute atomic E-state index is 0. The molecule has 1 fully saturated rings. The highest BCUT2D eigenvalue weighted by atomic mass is 127. The quantitative estimate of drug-likeness (QED) is 0.302. The zero-order valence-corrected chi connectivity index (χ0v) is 16.5. The van der Waals surface area contributed by atoms with Crippen molar-refractivity contribution in [3.05, 3.63) is 35.9 Å². The summed E-state index contributed by atoms with van der Waals surface area (Å²) >= 11 is 0. The molecule has 4 nitrogen and oxygen atoms in total. The van der Waals surface area contributed by atoms with Crippen molar-refractivity contribution in [1.29, 1.82) is 0 Å². The number of likely N-dealkylation sites (tertiary alicyclic amines) is 1. The number of guanidine groups is 1. The highest BCUT2D eigenvalue weighted by Crippen LogP contribution is 2.19. The summed E-state index contributed by atoms with van der Waals surface area (Å²) in [5, 5.41) is 3.20. The largest absolute Gasteiger partial charge is 0.370 e. The predicted molar refractivity (Wildman–Crippen MR) is 109 cm³/mol. The van der Waals surface area contributed by atoms with E-state index in [1.165, 1.54) is 31.2 Å². The van der Waals surface area contributed by atoms with E-state index in [0.717, 1.165) is 32.6 Å². The molecule has 1 aromatic carbocycles. The van der Waals surface area contributed by atoms with Crippen LogP contribution in [-0.2, 0) is 6.54 Å². The molecule has 1 aromatic rings. The molecule has 23 heavy (non-hydrogen) atoms. The van der Waals surface area contributed by atoms with Gasteiger partial charge in [0.25, 0.3) is 0 Å². The number of nitrogens with one attached hydrogen (secondary N) is 1. The van der Waals surface area contributed by atoms with Crippen LogP contribution in [0.5, 0.6) is 0 Å². The average Bonchev–Trinajstić information content (AvgIpc) is 2.55. The normalized spacial score (nSPS) is 19.2. The van der Waals surface area contributed by atoms with Gasteiger partial charge in [0.1, 0.15) is 0 Å². The number of hydrogen-bond donors (Lipinski definition) is 2. The zero-order chi connectivity index (χ0) is 15.6. The summed E-state index contributed by atoms with van der Waals surface area (Å²) in [6, 6.07) is 11.2. The summed E-state index contributed by atoms with van der Waals surface area (Å²) < 4.78 is 0. The average molecular weight is 430 g/mol. The third-order valence-electron chi connectivity index (χ3n) is 4.29. The number of rotatable bonds is 7. The second kappa shape index (κ2) is 11.7. The van der Waals surface area contributed by atoms with Crippen LogP contribution < -0.4 is 11.1 Å². The predicted octanol–water partition coefficient (Wildman–Crippen LogP) is 3.36. The van der Waals surface area contributed by atoms with Crippen LogP contribution >= 0.6 is 24.0 Å². The second-order valence-electron chi connectivity index (χ2n) is 6.11. The molecule has 0 saturated carbocycles. The molecule has 0 radical (unpaired) electrons. The number of nitrogens with two attached hydrogens (primary N) is 1. The number of hydrogen-bond acceptors (Lipinski definition) is 2. The Morgan fingerprint density at radius 2 is 2.09 bits per heavy atom. The van der Waals surface area contributed by atoms with Crippen molar-refractivity contribution in [2.75, 3.05) is 19.6 Å². The van der Waals surface area contributed by atoms with Gasteiger partial charge in [-0.1, -0.05) is 50.1 Å². The van der Waals surface area contributed by atoms with E-state index in [1.54, 1.807) is 0 Å². The van der Waals surface area contributed by atoms with Crippen molar-refractivity contribution in [2.45, 2.75) is 51.6 Å². The first-order valence-corrected chi connectivity index (χ1v) is 8.61. The maximum absolute atomic E-state index is 5.95. The lowest BCUT2D eigenvalue weighted by atomic mass is 10.0. The summed E-state index contributed by atoms with van der Waals surface area (Å²) in [5.41, 5.74) is 7.33. The monoisotopic (exact) mass is 430 g/mol. The lowest BCUT2D eigenvalue weighted by Crippen LogP contribution is -2.42. The van der Waals surface area contributed by atoms with Crippen molar-refractivity contribution in [3.63, 3.8) is 0 Å². The van der Waals surface area contributed by atoms with Gasteiger partial charge >= 0.3 is 0 Å². The summed E-state index contributed by atoms with van der Waals surface area (Å²) in [5.74, 6) is 0.596. The Bertz CT molecular complexity index is 450. The van der Waals surface area contributed by atoms with Gasteiger partial charge in [-0.3, -0.25) is 9.89 Å². The van der Waals surface area contributed by atoms with Crippen LogP contribution in [0.2, 0.25) is 0 Å². The Balaban J connectivity index is 0.00000264. The van der Waals surface area contributed by atoms with Crippen LogP contribution in [-0.4, -0.2) is 36.5 Å². The van der Waals surface area contributed by atoms with Gasteiger partial charge in [0.15, 0.2) is 5.96 Å². The van der Waals surface area contributed by atoms with Gasteiger partial charge in [0.05, 0.1) is 6.54 Å². The number of nitrogens with zero attached hydrogens (tertiary/aromatic N) is 2. The standard InChI is InChI=1S/C18H30N4.HI/c1-2-3-12-20-18(19)21-14-17-11-7-8-13-22(17)15-16-9-5-4-6-10-16;/h4-6,9-10,17H,2-3,7-8,11-15H2,1H3,(H3,19,20,21);1H. The topological polar surface area (TPSA) is 53.6 Å². The molecule has 0 aliphatic carbocycles. The van der Waals surface area contributed by atoms with Gasteiger partial charge in [-0.15, -0.1) is 24.0 Å². The lowest BCUT2D eigenvalue weighted by molar-refractivity contribution is 0.145. The molecule has 0 amide bonds. The Kier molecular flexibility index (Phi) is 10.3. The van der Waals surface area contributed by atoms with Gasteiger partial charge in [0.2, 0.25) is 0 Å². The van der Waals surface area contributed by atoms with Gasteiger partial charge in [-0.05, 0) is 31.4 Å². The van der Waals surface area contributed by atoms with Gasteiger partial charge in [0, 0.05) is 19.1 Å². The van der Waals surface area contributed by atoms with Crippen molar-refractivity contribution in [1.82, 2.24) is 10.2 Å². The Hall–Kier alpha value is -0.820. The van der Waals surface area contributed by atoms with Gasteiger partial charge in [-0.2, -0.15) is 0 Å². The highest BCUT2D eigenvalue weighted by Gasteiger charge is 2.22. The maximum Gasteiger partial charge on any atom is 0.188 e. The molecule has 0 aromatic heterocycles. The molecular weight excluding hydrogens is 399 g/mol. The van der Waals surface area contributed by atoms with E-state index < -0.39 is 0 Å². The molecule has 130 valence electrons. The Morgan fingerprint density at radius 1 is 1.30 bits per heavy atom. The van der Waals surface area contributed by atoms with E-state index in [4.69, 9.17) is 5.73 Å². The fourth-order valence-electron chi connectivity index (χ4n) is 2.95. The molecule has 0 bridgehead atoms. The first-order chi connectivity index (χ1) is 10.8. The smallest absolute Gasteiger partial charge is 0.188 e. The second-order valence-corrected chi connectivity index (χ2v) is 6.11. The molecule has 1 atom stereocenters. The van der Waals surface area contributed by atoms with Crippen molar-refractivity contribution in [2.24, 2.45) is 10.7 Å². The number of unbranched alkanes of at least 4 members (excludes halogenated alkanes) is 1. The van der Waals surface area contributed by atoms with Crippen molar-refractivity contribution in [3.8, 4) is 0 Å². The fraction of sp³-hybridized carbons (Fsp3) is 0.611. The molecule has 1 unspecified atom stereocenters. The molecule has 1 aliphatic rings. The summed E-state index contributed by atoms with van der Waals surface area (Å²) in [4.78, 5) is 7.11. The molecule has 1 aliphatic heterocycles. The van der Waals surface area contributed by atoms with E-state index >= 15 is 0 Å². The van der Waals surface area contributed by atoms with E-state index in [0.29, 0.717) is 12.0 Å². The van der Waals surface area contributed by atoms with E-state index in [1.807, 2.05) is 0 Å². The van der Waals surface area contributed by atoms with E-state index in [2.05, 4.69) is 52.5 Å². The van der Waals surface area contributed by atoms with Crippen molar-refractivity contribution >= 4 is 29.9 Å². The van der Waals surface area contributed by atoms with Crippen LogP contribution in [0.1, 0.15) is 44.6 Å². The first kappa shape index (κ1) is 20.2. The lowest BCUT2D eigenvalue weighted by Gasteiger charge is -2.35. The number of benzene rings is 1. The molecule has 3 N–H and O–H groups in total. The summed E-state index contributed by atoms with van der Waals surface area (Å²) in [6.07, 6.45) is 6.12. The summed E-state index contributed by atoms with van der Waals surface area (Å²) in [6.45, 7) is 6.09. The van der Waals surface area contributed by atoms with Crippen molar-refractivity contribution < 1.29 is 0 Å². The fourth-order valence-corrected chi connectivity index (χ4v) is 2.95. The Labute approximate surface area is 157 Å². The minimum Gasteiger partial charge on any atom is -0.370 e. The molecule has 1 heterocycles. The highest BCUT2D eigenvalue weighted by molar-refractivity contribution is 14.0. The SMILES string of the molecule is CCCCNC(N)=NCC1CCCCN1Cc1ccccc1.I. The van der Waals surface area contributed by atoms with Gasteiger partial charge in [-0.25, -0.2) is 0 Å². The Morgan fingerprint density at radius 3 is 2.83 bits per heavy atom. The maximum atomic E-state index is 5.95. The van der Waals surface area contributed by atoms with E-state index in [-0.39, 0.29) is 24.0 Å². The zero-order valence-electron chi connectivity index (χ0n) is 14.2. The third kappa shape index (κ3) is 7.52. The number of aliphatic imine (C=N–C) groups is 1. The number of halogens is 1. The molecular formula is C18H31IN4. The van der Waals surface area contributed by atoms with Crippen LogP contribution in [0.15, 0.2) is 35.3 Å². The molecule has 2 rings (SSSR count). The first-order valence-electron chi connectivity index (χ1n) is 8.61. The van der Waals surface area contributed by atoms with Gasteiger partial charge < -0.3 is 11.1 Å². The minimum atomic E-state index is 0. The molecule has 1 saturated heterocycles. The van der Waals surface area contributed by atoms with Crippen LogP contribution in [0.25, 0.3) is 0 Å².